The van der Waals surface area contributed by atoms with Gasteiger partial charge in [-0.1, -0.05) is 28.1 Å². The number of carboxylic acid groups (broad SMARTS) is 1. The summed E-state index contributed by atoms with van der Waals surface area (Å²) in [6.45, 7) is 0.885. The average Bonchev–Trinajstić information content (AvgIpc) is 2.28. The molecule has 2 N–H and O–H groups in total. The average molecular weight is 313 g/mol. The van der Waals surface area contributed by atoms with E-state index in [0.717, 1.165) is 10.0 Å². The normalized spacial score (nSPS) is 20.5. The first kappa shape index (κ1) is 13.0. The third-order valence-electron chi connectivity index (χ3n) is 2.81. The maximum atomic E-state index is 11.9. The Kier molecular flexibility index (Phi) is 3.98. The van der Waals surface area contributed by atoms with Gasteiger partial charge in [0.2, 0.25) is 5.91 Å². The van der Waals surface area contributed by atoms with Gasteiger partial charge in [-0.25, -0.2) is 0 Å². The maximum absolute atomic E-state index is 11.9. The third kappa shape index (κ3) is 2.88. The molecule has 96 valence electrons. The van der Waals surface area contributed by atoms with E-state index in [1.807, 2.05) is 24.3 Å². The number of carboxylic acids is 1. The lowest BCUT2D eigenvalue weighted by atomic mass is 10.0. The van der Waals surface area contributed by atoms with Gasteiger partial charge in [0.05, 0.1) is 6.54 Å². The van der Waals surface area contributed by atoms with E-state index in [1.165, 1.54) is 0 Å². The summed E-state index contributed by atoms with van der Waals surface area (Å²) in [5.74, 6) is -1.08. The Morgan fingerprint density at radius 1 is 1.56 bits per heavy atom. The Labute approximate surface area is 113 Å². The van der Waals surface area contributed by atoms with Crippen molar-refractivity contribution < 1.29 is 14.7 Å². The zero-order chi connectivity index (χ0) is 13.1. The molecule has 1 atom stereocenters. The van der Waals surface area contributed by atoms with Crippen molar-refractivity contribution in [3.8, 4) is 0 Å². The fraction of sp³-hybridized carbons (Fsp3) is 0.333. The van der Waals surface area contributed by atoms with Crippen molar-refractivity contribution in [1.29, 1.82) is 0 Å². The van der Waals surface area contributed by atoms with Gasteiger partial charge in [-0.05, 0) is 17.7 Å². The van der Waals surface area contributed by atoms with Crippen molar-refractivity contribution in [3.05, 3.63) is 34.3 Å². The second-order valence-corrected chi connectivity index (χ2v) is 5.03. The summed E-state index contributed by atoms with van der Waals surface area (Å²) in [4.78, 5) is 24.4. The summed E-state index contributed by atoms with van der Waals surface area (Å²) in [6.07, 6.45) is 0. The van der Waals surface area contributed by atoms with Crippen molar-refractivity contribution >= 4 is 27.8 Å². The van der Waals surface area contributed by atoms with Crippen LogP contribution in [-0.2, 0) is 9.59 Å². The SMILES string of the molecule is O=C(O)CN1CCNC(=O)C1c1cccc(Br)c1. The number of halogens is 1. The van der Waals surface area contributed by atoms with Crippen LogP contribution in [0.1, 0.15) is 11.6 Å². The fourth-order valence-corrected chi connectivity index (χ4v) is 2.51. The van der Waals surface area contributed by atoms with E-state index >= 15 is 0 Å². The highest BCUT2D eigenvalue weighted by molar-refractivity contribution is 9.10. The highest BCUT2D eigenvalue weighted by Gasteiger charge is 2.32. The molecule has 0 radical (unpaired) electrons. The standard InChI is InChI=1S/C12H13BrN2O3/c13-9-3-1-2-8(6-9)11-12(18)14-4-5-15(11)7-10(16)17/h1-3,6,11H,4-5,7H2,(H,14,18)(H,16,17). The zero-order valence-corrected chi connectivity index (χ0v) is 11.2. The Morgan fingerprint density at radius 3 is 3.00 bits per heavy atom. The number of nitrogens with zero attached hydrogens (tertiary/aromatic N) is 1. The van der Waals surface area contributed by atoms with Crippen LogP contribution in [0.5, 0.6) is 0 Å². The molecule has 1 fully saturated rings. The van der Waals surface area contributed by atoms with Gasteiger partial charge < -0.3 is 10.4 Å². The molecule has 18 heavy (non-hydrogen) atoms. The Balaban J connectivity index is 2.29. The van der Waals surface area contributed by atoms with Crippen molar-refractivity contribution in [2.75, 3.05) is 19.6 Å². The summed E-state index contributed by atoms with van der Waals surface area (Å²) >= 11 is 3.35. The van der Waals surface area contributed by atoms with Gasteiger partial charge in [0.1, 0.15) is 6.04 Å². The number of hydrogen-bond donors (Lipinski definition) is 2. The van der Waals surface area contributed by atoms with E-state index in [0.29, 0.717) is 13.1 Å². The largest absolute Gasteiger partial charge is 0.480 e. The fourth-order valence-electron chi connectivity index (χ4n) is 2.10. The van der Waals surface area contributed by atoms with Gasteiger partial charge in [-0.15, -0.1) is 0 Å². The minimum Gasteiger partial charge on any atom is -0.480 e. The van der Waals surface area contributed by atoms with Gasteiger partial charge in [0.25, 0.3) is 0 Å². The van der Waals surface area contributed by atoms with Gasteiger partial charge in [-0.2, -0.15) is 0 Å². The molecule has 0 aliphatic carbocycles. The van der Waals surface area contributed by atoms with E-state index in [-0.39, 0.29) is 12.5 Å². The van der Waals surface area contributed by atoms with Gasteiger partial charge in [0, 0.05) is 17.6 Å². The first-order chi connectivity index (χ1) is 8.58. The molecule has 5 nitrogen and oxygen atoms in total. The van der Waals surface area contributed by atoms with Crippen LogP contribution >= 0.6 is 15.9 Å². The van der Waals surface area contributed by atoms with E-state index < -0.39 is 12.0 Å². The number of hydrogen-bond acceptors (Lipinski definition) is 3. The molecular weight excluding hydrogens is 300 g/mol. The predicted molar refractivity (Wildman–Crippen MR) is 69.1 cm³/mol. The lowest BCUT2D eigenvalue weighted by Crippen LogP contribution is -2.51. The van der Waals surface area contributed by atoms with Crippen LogP contribution in [-0.4, -0.2) is 41.5 Å². The van der Waals surface area contributed by atoms with Crippen LogP contribution in [0.4, 0.5) is 0 Å². The number of piperazine rings is 1. The van der Waals surface area contributed by atoms with Crippen LogP contribution in [0.25, 0.3) is 0 Å². The smallest absolute Gasteiger partial charge is 0.317 e. The first-order valence-electron chi connectivity index (χ1n) is 5.57. The molecule has 1 aliphatic heterocycles. The van der Waals surface area contributed by atoms with Crippen LogP contribution in [0.15, 0.2) is 28.7 Å². The molecule has 1 unspecified atom stereocenters. The number of rotatable bonds is 3. The number of benzene rings is 1. The monoisotopic (exact) mass is 312 g/mol. The summed E-state index contributed by atoms with van der Waals surface area (Å²) in [6, 6.07) is 6.83. The number of nitrogens with one attached hydrogen (secondary N) is 1. The van der Waals surface area contributed by atoms with Gasteiger partial charge >= 0.3 is 5.97 Å². The van der Waals surface area contributed by atoms with Crippen LogP contribution in [0, 0.1) is 0 Å². The Morgan fingerprint density at radius 2 is 2.33 bits per heavy atom. The molecule has 0 bridgehead atoms. The topological polar surface area (TPSA) is 69.6 Å². The molecule has 1 saturated heterocycles. The predicted octanol–water partition coefficient (Wildman–Crippen LogP) is 1.01. The van der Waals surface area contributed by atoms with Crippen LogP contribution < -0.4 is 5.32 Å². The molecule has 0 saturated carbocycles. The lowest BCUT2D eigenvalue weighted by molar-refractivity contribution is -0.141. The molecule has 6 heteroatoms. The third-order valence-corrected chi connectivity index (χ3v) is 3.31. The summed E-state index contributed by atoms with van der Waals surface area (Å²) in [7, 11) is 0. The minimum absolute atomic E-state index is 0.134. The highest BCUT2D eigenvalue weighted by Crippen LogP contribution is 2.25. The van der Waals surface area contributed by atoms with Crippen LogP contribution in [0.2, 0.25) is 0 Å². The molecule has 1 aromatic carbocycles. The minimum atomic E-state index is -0.926. The van der Waals surface area contributed by atoms with Crippen molar-refractivity contribution in [1.82, 2.24) is 10.2 Å². The molecular formula is C12H13BrN2O3. The number of amides is 1. The maximum Gasteiger partial charge on any atom is 0.317 e. The summed E-state index contributed by atoms with van der Waals surface area (Å²) in [5, 5.41) is 11.7. The second-order valence-electron chi connectivity index (χ2n) is 4.11. The number of carbonyl (C=O) groups excluding carboxylic acids is 1. The Bertz CT molecular complexity index is 478. The molecule has 1 aromatic rings. The van der Waals surface area contributed by atoms with E-state index in [4.69, 9.17) is 5.11 Å². The molecule has 1 aliphatic rings. The van der Waals surface area contributed by atoms with E-state index in [2.05, 4.69) is 21.2 Å². The molecule has 1 heterocycles. The van der Waals surface area contributed by atoms with Gasteiger partial charge in [-0.3, -0.25) is 14.5 Å². The summed E-state index contributed by atoms with van der Waals surface area (Å²) in [5.41, 5.74) is 0.794. The zero-order valence-electron chi connectivity index (χ0n) is 9.60. The summed E-state index contributed by atoms with van der Waals surface area (Å²) < 4.78 is 0.869. The van der Waals surface area contributed by atoms with Crippen LogP contribution in [0.3, 0.4) is 0 Å². The molecule has 0 aromatic heterocycles. The van der Waals surface area contributed by atoms with E-state index in [9.17, 15) is 9.59 Å². The number of aliphatic carboxylic acids is 1. The highest BCUT2D eigenvalue weighted by atomic mass is 79.9. The van der Waals surface area contributed by atoms with E-state index in [1.54, 1.807) is 4.90 Å². The second kappa shape index (κ2) is 5.49. The lowest BCUT2D eigenvalue weighted by Gasteiger charge is -2.34. The molecule has 2 rings (SSSR count). The van der Waals surface area contributed by atoms with Crippen molar-refractivity contribution in [3.63, 3.8) is 0 Å². The quantitative estimate of drug-likeness (QED) is 0.874. The van der Waals surface area contributed by atoms with Gasteiger partial charge in [0.15, 0.2) is 0 Å². The van der Waals surface area contributed by atoms with Crippen molar-refractivity contribution in [2.24, 2.45) is 0 Å². The van der Waals surface area contributed by atoms with Crippen molar-refractivity contribution in [2.45, 2.75) is 6.04 Å². The molecule has 0 spiro atoms. The first-order valence-corrected chi connectivity index (χ1v) is 6.36. The Hall–Kier alpha value is -1.40. The molecule has 1 amide bonds. The number of carbonyl (C=O) groups is 2.